The molecule has 0 fully saturated rings. The number of rotatable bonds is 2. The molecule has 0 saturated heterocycles. The van der Waals surface area contributed by atoms with Gasteiger partial charge in [-0.05, 0) is 42.7 Å². The molecule has 0 aliphatic heterocycles. The fourth-order valence-corrected chi connectivity index (χ4v) is 2.01. The lowest BCUT2D eigenvalue weighted by Gasteiger charge is -2.13. The molecule has 2 aromatic rings. The molecule has 0 unspecified atom stereocenters. The second-order valence-corrected chi connectivity index (χ2v) is 4.08. The van der Waals surface area contributed by atoms with Crippen molar-refractivity contribution in [3.05, 3.63) is 47.5 Å². The van der Waals surface area contributed by atoms with Crippen LogP contribution in [-0.2, 0) is 0 Å². The highest BCUT2D eigenvalue weighted by Crippen LogP contribution is 2.35. The summed E-state index contributed by atoms with van der Waals surface area (Å²) >= 11 is 0. The van der Waals surface area contributed by atoms with Crippen LogP contribution in [0, 0.1) is 13.8 Å². The minimum absolute atomic E-state index is 0.306. The van der Waals surface area contributed by atoms with Crippen molar-refractivity contribution in [1.82, 2.24) is 0 Å². The van der Waals surface area contributed by atoms with Crippen LogP contribution in [-0.4, -0.2) is 12.2 Å². The minimum Gasteiger partial charge on any atom is -0.507 e. The largest absolute Gasteiger partial charge is 0.507 e. The van der Waals surface area contributed by atoms with Crippen LogP contribution in [0.25, 0.3) is 11.1 Å². The SMILES string of the molecule is COc1ccc(-c2ccccc2O)c(C)c1C. The molecule has 17 heavy (non-hydrogen) atoms. The molecule has 0 aliphatic rings. The van der Waals surface area contributed by atoms with E-state index in [4.69, 9.17) is 4.74 Å². The van der Waals surface area contributed by atoms with E-state index in [-0.39, 0.29) is 0 Å². The third-order valence-electron chi connectivity index (χ3n) is 3.15. The average Bonchev–Trinajstić information content (AvgIpc) is 2.34. The van der Waals surface area contributed by atoms with Gasteiger partial charge in [0.05, 0.1) is 7.11 Å². The number of aromatic hydroxyl groups is 1. The van der Waals surface area contributed by atoms with Gasteiger partial charge in [0.25, 0.3) is 0 Å². The predicted octanol–water partition coefficient (Wildman–Crippen LogP) is 3.68. The average molecular weight is 228 g/mol. The molecule has 2 nitrogen and oxygen atoms in total. The summed E-state index contributed by atoms with van der Waals surface area (Å²) in [5.41, 5.74) is 4.14. The van der Waals surface area contributed by atoms with E-state index in [1.54, 1.807) is 13.2 Å². The molecule has 0 saturated carbocycles. The molecule has 0 bridgehead atoms. The maximum atomic E-state index is 9.87. The van der Waals surface area contributed by atoms with Crippen molar-refractivity contribution in [3.8, 4) is 22.6 Å². The summed E-state index contributed by atoms with van der Waals surface area (Å²) in [5, 5.41) is 9.87. The molecule has 2 rings (SSSR count). The zero-order valence-electron chi connectivity index (χ0n) is 10.3. The number of benzene rings is 2. The van der Waals surface area contributed by atoms with Crippen molar-refractivity contribution in [2.24, 2.45) is 0 Å². The summed E-state index contributed by atoms with van der Waals surface area (Å²) in [7, 11) is 1.67. The monoisotopic (exact) mass is 228 g/mol. The Balaban J connectivity index is 2.62. The van der Waals surface area contributed by atoms with Gasteiger partial charge in [-0.2, -0.15) is 0 Å². The van der Waals surface area contributed by atoms with Gasteiger partial charge in [-0.3, -0.25) is 0 Å². The molecule has 88 valence electrons. The number of ether oxygens (including phenoxy) is 1. The Bertz CT molecular complexity index is 545. The molecule has 1 N–H and O–H groups in total. The van der Waals surface area contributed by atoms with E-state index in [9.17, 15) is 5.11 Å². The number of methoxy groups -OCH3 is 1. The summed E-state index contributed by atoms with van der Waals surface area (Å²) in [6.45, 7) is 4.07. The highest BCUT2D eigenvalue weighted by Gasteiger charge is 2.10. The summed E-state index contributed by atoms with van der Waals surface area (Å²) < 4.78 is 5.28. The summed E-state index contributed by atoms with van der Waals surface area (Å²) in [6, 6.07) is 11.3. The predicted molar refractivity (Wildman–Crippen MR) is 69.6 cm³/mol. The van der Waals surface area contributed by atoms with Gasteiger partial charge >= 0.3 is 0 Å². The second kappa shape index (κ2) is 4.50. The van der Waals surface area contributed by atoms with Gasteiger partial charge in [-0.15, -0.1) is 0 Å². The Hall–Kier alpha value is -1.96. The van der Waals surface area contributed by atoms with Gasteiger partial charge in [0.15, 0.2) is 0 Å². The smallest absolute Gasteiger partial charge is 0.123 e. The van der Waals surface area contributed by atoms with E-state index < -0.39 is 0 Å². The van der Waals surface area contributed by atoms with Crippen LogP contribution in [0.4, 0.5) is 0 Å². The number of hydrogen-bond donors (Lipinski definition) is 1. The molecular formula is C15H16O2. The van der Waals surface area contributed by atoms with E-state index in [0.717, 1.165) is 28.0 Å². The van der Waals surface area contributed by atoms with Crippen molar-refractivity contribution in [3.63, 3.8) is 0 Å². The molecule has 0 heterocycles. The van der Waals surface area contributed by atoms with E-state index >= 15 is 0 Å². The van der Waals surface area contributed by atoms with Crippen molar-refractivity contribution in [1.29, 1.82) is 0 Å². The number of phenolic OH excluding ortho intramolecular Hbond substituents is 1. The summed E-state index contributed by atoms with van der Waals surface area (Å²) in [6.07, 6.45) is 0. The van der Waals surface area contributed by atoms with Gasteiger partial charge in [-0.25, -0.2) is 0 Å². The van der Waals surface area contributed by atoms with Gasteiger partial charge in [0.2, 0.25) is 0 Å². The van der Waals surface area contributed by atoms with Gasteiger partial charge in [-0.1, -0.05) is 24.3 Å². The molecule has 0 spiro atoms. The van der Waals surface area contributed by atoms with E-state index in [0.29, 0.717) is 5.75 Å². The first-order chi connectivity index (χ1) is 8.15. The van der Waals surface area contributed by atoms with Crippen LogP contribution in [0.3, 0.4) is 0 Å². The lowest BCUT2D eigenvalue weighted by Crippen LogP contribution is -1.93. The molecule has 0 atom stereocenters. The topological polar surface area (TPSA) is 29.5 Å². The van der Waals surface area contributed by atoms with Crippen LogP contribution < -0.4 is 4.74 Å². The fraction of sp³-hybridized carbons (Fsp3) is 0.200. The maximum Gasteiger partial charge on any atom is 0.123 e. The van der Waals surface area contributed by atoms with E-state index in [1.165, 1.54) is 0 Å². The lowest BCUT2D eigenvalue weighted by atomic mass is 9.96. The van der Waals surface area contributed by atoms with Crippen LogP contribution in [0.15, 0.2) is 36.4 Å². The van der Waals surface area contributed by atoms with Crippen LogP contribution >= 0.6 is 0 Å². The molecule has 2 heteroatoms. The number of hydrogen-bond acceptors (Lipinski definition) is 2. The Morgan fingerprint density at radius 1 is 0.882 bits per heavy atom. The van der Waals surface area contributed by atoms with Gasteiger partial charge < -0.3 is 9.84 Å². The zero-order chi connectivity index (χ0) is 12.4. The van der Waals surface area contributed by atoms with Crippen LogP contribution in [0.2, 0.25) is 0 Å². The fourth-order valence-electron chi connectivity index (χ4n) is 2.01. The van der Waals surface area contributed by atoms with E-state index in [1.807, 2.05) is 44.2 Å². The third kappa shape index (κ3) is 1.98. The Morgan fingerprint density at radius 2 is 1.59 bits per heavy atom. The quantitative estimate of drug-likeness (QED) is 0.849. The molecule has 0 aromatic heterocycles. The molecule has 0 amide bonds. The van der Waals surface area contributed by atoms with Gasteiger partial charge in [0.1, 0.15) is 11.5 Å². The van der Waals surface area contributed by atoms with Crippen molar-refractivity contribution >= 4 is 0 Å². The summed E-state index contributed by atoms with van der Waals surface area (Å²) in [5.74, 6) is 1.18. The highest BCUT2D eigenvalue weighted by molar-refractivity contribution is 5.74. The summed E-state index contributed by atoms with van der Waals surface area (Å²) in [4.78, 5) is 0. The maximum absolute atomic E-state index is 9.87. The van der Waals surface area contributed by atoms with Gasteiger partial charge in [0, 0.05) is 5.56 Å². The van der Waals surface area contributed by atoms with E-state index in [2.05, 4.69) is 0 Å². The first kappa shape index (κ1) is 11.5. The lowest BCUT2D eigenvalue weighted by molar-refractivity contribution is 0.411. The normalized spacial score (nSPS) is 10.3. The Labute approximate surface area is 101 Å². The van der Waals surface area contributed by atoms with Crippen LogP contribution in [0.5, 0.6) is 11.5 Å². The third-order valence-corrected chi connectivity index (χ3v) is 3.15. The molecule has 2 aromatic carbocycles. The Morgan fingerprint density at radius 3 is 2.24 bits per heavy atom. The molecular weight excluding hydrogens is 212 g/mol. The van der Waals surface area contributed by atoms with Crippen LogP contribution in [0.1, 0.15) is 11.1 Å². The molecule has 0 aliphatic carbocycles. The van der Waals surface area contributed by atoms with Crippen molar-refractivity contribution in [2.75, 3.05) is 7.11 Å². The second-order valence-electron chi connectivity index (χ2n) is 4.08. The standard InChI is InChI=1S/C15H16O2/c1-10-11(2)15(17-3)9-8-12(10)13-6-4-5-7-14(13)16/h4-9,16H,1-3H3. The number of para-hydroxylation sites is 1. The first-order valence-electron chi connectivity index (χ1n) is 5.57. The number of phenols is 1. The zero-order valence-corrected chi connectivity index (χ0v) is 10.3. The Kier molecular flexibility index (Phi) is 3.05. The first-order valence-corrected chi connectivity index (χ1v) is 5.57. The molecule has 0 radical (unpaired) electrons. The highest BCUT2D eigenvalue weighted by atomic mass is 16.5. The van der Waals surface area contributed by atoms with Crippen molar-refractivity contribution < 1.29 is 9.84 Å². The minimum atomic E-state index is 0.306. The van der Waals surface area contributed by atoms with Crippen molar-refractivity contribution in [2.45, 2.75) is 13.8 Å².